The summed E-state index contributed by atoms with van der Waals surface area (Å²) in [5.74, 6) is 0.887. The van der Waals surface area contributed by atoms with Gasteiger partial charge < -0.3 is 9.80 Å². The first-order chi connectivity index (χ1) is 15.5. The fraction of sp³-hybridized carbons (Fsp3) is 0.304. The van der Waals surface area contributed by atoms with Crippen molar-refractivity contribution < 1.29 is 4.79 Å². The maximum Gasteiger partial charge on any atom is 0.170 e. The highest BCUT2D eigenvalue weighted by atomic mass is 16.1. The van der Waals surface area contributed by atoms with Crippen LogP contribution in [0.4, 0.5) is 5.82 Å². The largest absolute Gasteiger partial charge is 0.354 e. The van der Waals surface area contributed by atoms with E-state index in [0.717, 1.165) is 54.2 Å². The predicted molar refractivity (Wildman–Crippen MR) is 122 cm³/mol. The molecule has 0 atom stereocenters. The molecule has 1 aromatic carbocycles. The van der Waals surface area contributed by atoms with Crippen molar-refractivity contribution in [2.45, 2.75) is 6.42 Å². The lowest BCUT2D eigenvalue weighted by Gasteiger charge is -2.33. The average molecular weight is 429 g/mol. The molecule has 4 heterocycles. The van der Waals surface area contributed by atoms with E-state index in [2.05, 4.69) is 42.3 Å². The third-order valence-corrected chi connectivity index (χ3v) is 5.77. The standard InChI is InChI=1S/C23H24N8O/c1-29-7-9-31(10-8-29)23-6-4-17(14-24-23)22(32)13-19-12-18-11-16(3-5-20(18)26-25-19)21-15-30(2)28-27-21/h3-6,11-12,14-15H,7-10,13H2,1-2H3. The van der Waals surface area contributed by atoms with Crippen molar-refractivity contribution in [3.05, 3.63) is 60.0 Å². The van der Waals surface area contributed by atoms with Gasteiger partial charge in [0.2, 0.25) is 0 Å². The zero-order valence-corrected chi connectivity index (χ0v) is 18.1. The van der Waals surface area contributed by atoms with Gasteiger partial charge in [-0.15, -0.1) is 5.10 Å². The second-order valence-corrected chi connectivity index (χ2v) is 8.18. The van der Waals surface area contributed by atoms with Gasteiger partial charge in [-0.3, -0.25) is 9.48 Å². The van der Waals surface area contributed by atoms with Crippen LogP contribution in [-0.4, -0.2) is 74.1 Å². The van der Waals surface area contributed by atoms with Gasteiger partial charge in [0.1, 0.15) is 11.5 Å². The Bertz CT molecular complexity index is 1260. The molecular weight excluding hydrogens is 404 g/mol. The third kappa shape index (κ3) is 4.19. The summed E-state index contributed by atoms with van der Waals surface area (Å²) in [5, 5.41) is 17.6. The number of carbonyl (C=O) groups is 1. The maximum atomic E-state index is 12.8. The van der Waals surface area contributed by atoms with Crippen LogP contribution in [0.1, 0.15) is 16.1 Å². The number of Topliss-reactive ketones (excluding diaryl/α,β-unsaturated/α-hetero) is 1. The summed E-state index contributed by atoms with van der Waals surface area (Å²) in [6, 6.07) is 11.5. The second kappa shape index (κ2) is 8.43. The van der Waals surface area contributed by atoms with Crippen LogP contribution in [-0.2, 0) is 13.5 Å². The highest BCUT2D eigenvalue weighted by molar-refractivity contribution is 5.97. The monoisotopic (exact) mass is 428 g/mol. The topological polar surface area (TPSA) is 92.9 Å². The Morgan fingerprint density at radius 2 is 1.81 bits per heavy atom. The molecule has 0 spiro atoms. The van der Waals surface area contributed by atoms with Crippen LogP contribution >= 0.6 is 0 Å². The molecule has 1 fully saturated rings. The predicted octanol–water partition coefficient (Wildman–Crippen LogP) is 2.00. The minimum atomic E-state index is -0.0267. The number of hydrogen-bond donors (Lipinski definition) is 0. The first kappa shape index (κ1) is 20.2. The summed E-state index contributed by atoms with van der Waals surface area (Å²) in [6.07, 6.45) is 3.70. The van der Waals surface area contributed by atoms with E-state index >= 15 is 0 Å². The SMILES string of the molecule is CN1CCN(c2ccc(C(=O)Cc3cc4cc(-c5cn(C)nn5)ccc4nn3)cn2)CC1. The lowest BCUT2D eigenvalue weighted by Crippen LogP contribution is -2.44. The number of ketones is 1. The van der Waals surface area contributed by atoms with Gasteiger partial charge in [-0.1, -0.05) is 11.3 Å². The van der Waals surface area contributed by atoms with E-state index < -0.39 is 0 Å². The van der Waals surface area contributed by atoms with Crippen LogP contribution in [0.5, 0.6) is 0 Å². The molecule has 0 bridgehead atoms. The van der Waals surface area contributed by atoms with E-state index in [-0.39, 0.29) is 12.2 Å². The highest BCUT2D eigenvalue weighted by Gasteiger charge is 2.16. The first-order valence-electron chi connectivity index (χ1n) is 10.6. The molecule has 0 saturated carbocycles. The molecule has 9 heteroatoms. The molecular formula is C23H24N8O. The average Bonchev–Trinajstić information content (AvgIpc) is 3.25. The van der Waals surface area contributed by atoms with Crippen LogP contribution in [0.2, 0.25) is 0 Å². The molecule has 0 N–H and O–H groups in total. The molecule has 1 saturated heterocycles. The van der Waals surface area contributed by atoms with Gasteiger partial charge in [0.15, 0.2) is 5.78 Å². The van der Waals surface area contributed by atoms with Crippen LogP contribution in [0.15, 0.2) is 48.8 Å². The number of carbonyl (C=O) groups excluding carboxylic acids is 1. The Morgan fingerprint density at radius 3 is 2.53 bits per heavy atom. The van der Waals surface area contributed by atoms with E-state index in [9.17, 15) is 4.79 Å². The Morgan fingerprint density at radius 1 is 0.969 bits per heavy atom. The van der Waals surface area contributed by atoms with E-state index in [1.807, 2.05) is 49.6 Å². The number of fused-ring (bicyclic) bond motifs is 1. The molecule has 1 aliphatic heterocycles. The Labute approximate surface area is 185 Å². The molecule has 0 radical (unpaired) electrons. The normalized spacial score (nSPS) is 14.8. The summed E-state index contributed by atoms with van der Waals surface area (Å²) in [7, 11) is 3.96. The number of hydrogen-bond acceptors (Lipinski definition) is 8. The number of nitrogens with zero attached hydrogens (tertiary/aromatic N) is 8. The number of pyridine rings is 1. The van der Waals surface area contributed by atoms with Crippen molar-refractivity contribution in [1.29, 1.82) is 0 Å². The van der Waals surface area contributed by atoms with Crippen molar-refractivity contribution in [2.24, 2.45) is 7.05 Å². The maximum absolute atomic E-state index is 12.8. The molecule has 0 unspecified atom stereocenters. The number of benzene rings is 1. The first-order valence-corrected chi connectivity index (χ1v) is 10.6. The Balaban J connectivity index is 1.31. The molecule has 5 rings (SSSR count). The van der Waals surface area contributed by atoms with Crippen LogP contribution in [0, 0.1) is 0 Å². The fourth-order valence-corrected chi connectivity index (χ4v) is 3.85. The number of anilines is 1. The van der Waals surface area contributed by atoms with Gasteiger partial charge in [0.05, 0.1) is 23.8 Å². The van der Waals surface area contributed by atoms with E-state index in [0.29, 0.717) is 11.3 Å². The molecule has 0 amide bonds. The minimum absolute atomic E-state index is 0.0267. The van der Waals surface area contributed by atoms with Gasteiger partial charge in [0.25, 0.3) is 0 Å². The lowest BCUT2D eigenvalue weighted by atomic mass is 10.1. The number of likely N-dealkylation sites (N-methyl/N-ethyl adjacent to an activating group) is 1. The van der Waals surface area contributed by atoms with Crippen LogP contribution < -0.4 is 4.90 Å². The number of rotatable bonds is 5. The van der Waals surface area contributed by atoms with Gasteiger partial charge in [-0.25, -0.2) is 4.98 Å². The zero-order valence-electron chi connectivity index (χ0n) is 18.1. The van der Waals surface area contributed by atoms with Crippen molar-refractivity contribution >= 4 is 22.5 Å². The summed E-state index contributed by atoms with van der Waals surface area (Å²) in [5.41, 5.74) is 3.71. The summed E-state index contributed by atoms with van der Waals surface area (Å²) in [6.45, 7) is 3.92. The zero-order chi connectivity index (χ0) is 22.1. The van der Waals surface area contributed by atoms with Gasteiger partial charge in [-0.2, -0.15) is 10.2 Å². The quantitative estimate of drug-likeness (QED) is 0.446. The van der Waals surface area contributed by atoms with Crippen molar-refractivity contribution in [3.63, 3.8) is 0 Å². The summed E-state index contributed by atoms with van der Waals surface area (Å²) < 4.78 is 1.66. The Hall–Kier alpha value is -3.72. The minimum Gasteiger partial charge on any atom is -0.354 e. The van der Waals surface area contributed by atoms with Gasteiger partial charge in [-0.05, 0) is 37.4 Å². The fourth-order valence-electron chi connectivity index (χ4n) is 3.85. The third-order valence-electron chi connectivity index (χ3n) is 5.77. The van der Waals surface area contributed by atoms with E-state index in [4.69, 9.17) is 0 Å². The molecule has 32 heavy (non-hydrogen) atoms. The molecule has 1 aliphatic rings. The summed E-state index contributed by atoms with van der Waals surface area (Å²) >= 11 is 0. The van der Waals surface area contributed by atoms with Crippen molar-refractivity contribution in [3.8, 4) is 11.3 Å². The van der Waals surface area contributed by atoms with Gasteiger partial charge in [0, 0.05) is 55.9 Å². The molecule has 3 aromatic heterocycles. The van der Waals surface area contributed by atoms with Crippen molar-refractivity contribution in [2.75, 3.05) is 38.1 Å². The number of aromatic nitrogens is 6. The Kier molecular flexibility index (Phi) is 5.32. The summed E-state index contributed by atoms with van der Waals surface area (Å²) in [4.78, 5) is 21.9. The van der Waals surface area contributed by atoms with Crippen LogP contribution in [0.25, 0.3) is 22.2 Å². The molecule has 162 valence electrons. The van der Waals surface area contributed by atoms with Gasteiger partial charge >= 0.3 is 0 Å². The van der Waals surface area contributed by atoms with E-state index in [1.54, 1.807) is 10.9 Å². The molecule has 4 aromatic rings. The molecule has 0 aliphatic carbocycles. The van der Waals surface area contributed by atoms with Crippen molar-refractivity contribution in [1.82, 2.24) is 35.1 Å². The van der Waals surface area contributed by atoms with E-state index in [1.165, 1.54) is 0 Å². The number of aryl methyl sites for hydroxylation is 1. The molecule has 9 nitrogen and oxygen atoms in total. The number of piperazine rings is 1. The second-order valence-electron chi connectivity index (χ2n) is 8.18. The highest BCUT2D eigenvalue weighted by Crippen LogP contribution is 2.22. The van der Waals surface area contributed by atoms with Crippen LogP contribution in [0.3, 0.4) is 0 Å². The smallest absolute Gasteiger partial charge is 0.170 e. The lowest BCUT2D eigenvalue weighted by molar-refractivity contribution is 0.0991.